The van der Waals surface area contributed by atoms with Gasteiger partial charge in [-0.1, -0.05) is 19.1 Å². The van der Waals surface area contributed by atoms with E-state index in [1.54, 1.807) is 68.6 Å². The minimum atomic E-state index is -3.38. The molecule has 3 rings (SSSR count). The highest BCUT2D eigenvalue weighted by Gasteiger charge is 2.14. The lowest BCUT2D eigenvalue weighted by Gasteiger charge is -2.07. The Labute approximate surface area is 163 Å². The van der Waals surface area contributed by atoms with Crippen LogP contribution >= 0.6 is 0 Å². The molecule has 0 saturated carbocycles. The van der Waals surface area contributed by atoms with Gasteiger partial charge in [0.05, 0.1) is 18.6 Å². The van der Waals surface area contributed by atoms with Crippen LogP contribution in [0.5, 0.6) is 5.75 Å². The fraction of sp³-hybridized carbons (Fsp3) is 0.150. The predicted molar refractivity (Wildman–Crippen MR) is 106 cm³/mol. The number of sulfone groups is 1. The van der Waals surface area contributed by atoms with E-state index in [1.807, 2.05) is 0 Å². The lowest BCUT2D eigenvalue weighted by atomic mass is 10.1. The summed E-state index contributed by atoms with van der Waals surface area (Å²) < 4.78 is 28.7. The summed E-state index contributed by atoms with van der Waals surface area (Å²) in [6.07, 6.45) is 0. The minimum absolute atomic E-state index is 0.0242. The number of ether oxygens (including phenoxy) is 1. The van der Waals surface area contributed by atoms with E-state index in [2.05, 4.69) is 15.5 Å². The first kappa shape index (κ1) is 19.5. The molecule has 0 aliphatic rings. The van der Waals surface area contributed by atoms with Gasteiger partial charge in [-0.25, -0.2) is 8.42 Å². The Kier molecular flexibility index (Phi) is 5.70. The standard InChI is InChI=1S/C20H19N3O4S/c1-3-28(25,26)19-13-12-18(22-23-19)14-4-8-16(9-5-14)21-20(24)15-6-10-17(27-2)11-7-15/h4-13H,3H2,1-2H3,(H,21,24). The molecule has 0 spiro atoms. The largest absolute Gasteiger partial charge is 0.497 e. The molecule has 0 aliphatic carbocycles. The molecule has 0 saturated heterocycles. The summed E-state index contributed by atoms with van der Waals surface area (Å²) in [5, 5.41) is 10.6. The van der Waals surface area contributed by atoms with Gasteiger partial charge in [-0.3, -0.25) is 4.79 Å². The van der Waals surface area contributed by atoms with Gasteiger partial charge in [-0.05, 0) is 48.5 Å². The molecule has 0 bridgehead atoms. The zero-order valence-corrected chi connectivity index (χ0v) is 16.2. The third kappa shape index (κ3) is 4.34. The van der Waals surface area contributed by atoms with E-state index in [0.717, 1.165) is 5.56 Å². The molecule has 0 atom stereocenters. The summed E-state index contributed by atoms with van der Waals surface area (Å²) in [5.41, 5.74) is 2.45. The number of nitrogens with one attached hydrogen (secondary N) is 1. The molecule has 0 radical (unpaired) electrons. The van der Waals surface area contributed by atoms with Crippen molar-refractivity contribution in [2.45, 2.75) is 11.9 Å². The normalized spacial score (nSPS) is 11.1. The van der Waals surface area contributed by atoms with Crippen molar-refractivity contribution in [2.24, 2.45) is 0 Å². The van der Waals surface area contributed by atoms with Crippen LogP contribution in [0.15, 0.2) is 65.7 Å². The Bertz CT molecular complexity index is 1060. The Balaban J connectivity index is 1.71. The van der Waals surface area contributed by atoms with Gasteiger partial charge in [0.25, 0.3) is 5.91 Å². The van der Waals surface area contributed by atoms with Crippen LogP contribution in [0.2, 0.25) is 0 Å². The van der Waals surface area contributed by atoms with Crippen molar-refractivity contribution in [3.63, 3.8) is 0 Å². The molecule has 1 heterocycles. The van der Waals surface area contributed by atoms with Crippen molar-refractivity contribution in [3.8, 4) is 17.0 Å². The zero-order valence-electron chi connectivity index (χ0n) is 15.4. The van der Waals surface area contributed by atoms with Gasteiger partial charge in [0.15, 0.2) is 14.9 Å². The number of hydrogen-bond donors (Lipinski definition) is 1. The summed E-state index contributed by atoms with van der Waals surface area (Å²) in [5.74, 6) is 0.424. The molecule has 28 heavy (non-hydrogen) atoms. The van der Waals surface area contributed by atoms with Gasteiger partial charge < -0.3 is 10.1 Å². The monoisotopic (exact) mass is 397 g/mol. The predicted octanol–water partition coefficient (Wildman–Crippen LogP) is 3.20. The van der Waals surface area contributed by atoms with Crippen LogP contribution in [-0.2, 0) is 9.84 Å². The van der Waals surface area contributed by atoms with Gasteiger partial charge in [-0.15, -0.1) is 10.2 Å². The molecule has 144 valence electrons. The van der Waals surface area contributed by atoms with Crippen LogP contribution in [0.3, 0.4) is 0 Å². The van der Waals surface area contributed by atoms with Gasteiger partial charge >= 0.3 is 0 Å². The highest BCUT2D eigenvalue weighted by molar-refractivity contribution is 7.91. The van der Waals surface area contributed by atoms with E-state index < -0.39 is 9.84 Å². The van der Waals surface area contributed by atoms with E-state index >= 15 is 0 Å². The highest BCUT2D eigenvalue weighted by Crippen LogP contribution is 2.21. The molecule has 7 nitrogen and oxygen atoms in total. The smallest absolute Gasteiger partial charge is 0.255 e. The number of carbonyl (C=O) groups is 1. The second kappa shape index (κ2) is 8.18. The number of anilines is 1. The van der Waals surface area contributed by atoms with Crippen LogP contribution in [0.1, 0.15) is 17.3 Å². The molecular formula is C20H19N3O4S. The molecule has 8 heteroatoms. The molecule has 0 aliphatic heterocycles. The van der Waals surface area contributed by atoms with Crippen LogP contribution < -0.4 is 10.1 Å². The SMILES string of the molecule is CCS(=O)(=O)c1ccc(-c2ccc(NC(=O)c3ccc(OC)cc3)cc2)nn1. The second-order valence-corrected chi connectivity index (χ2v) is 8.15. The van der Waals surface area contributed by atoms with E-state index in [4.69, 9.17) is 4.74 Å². The Morgan fingerprint density at radius 1 is 0.964 bits per heavy atom. The van der Waals surface area contributed by atoms with Gasteiger partial charge in [-0.2, -0.15) is 0 Å². The zero-order chi connectivity index (χ0) is 20.1. The Hall–Kier alpha value is -3.26. The van der Waals surface area contributed by atoms with E-state index in [0.29, 0.717) is 22.7 Å². The first-order chi connectivity index (χ1) is 13.4. The van der Waals surface area contributed by atoms with Crippen molar-refractivity contribution in [1.82, 2.24) is 10.2 Å². The summed E-state index contributed by atoms with van der Waals surface area (Å²) in [6, 6.07) is 16.9. The number of benzene rings is 2. The number of methoxy groups -OCH3 is 1. The highest BCUT2D eigenvalue weighted by atomic mass is 32.2. The van der Waals surface area contributed by atoms with Crippen LogP contribution in [0.4, 0.5) is 5.69 Å². The topological polar surface area (TPSA) is 98.2 Å². The van der Waals surface area contributed by atoms with Crippen LogP contribution in [0, 0.1) is 0 Å². The third-order valence-electron chi connectivity index (χ3n) is 4.13. The number of nitrogens with zero attached hydrogens (tertiary/aromatic N) is 2. The third-order valence-corrected chi connectivity index (χ3v) is 5.74. The maximum atomic E-state index is 12.3. The Morgan fingerprint density at radius 3 is 2.18 bits per heavy atom. The minimum Gasteiger partial charge on any atom is -0.497 e. The van der Waals surface area contributed by atoms with Crippen molar-refractivity contribution in [1.29, 1.82) is 0 Å². The van der Waals surface area contributed by atoms with Crippen molar-refractivity contribution >= 4 is 21.4 Å². The molecule has 3 aromatic rings. The first-order valence-corrected chi connectivity index (χ1v) is 10.2. The lowest BCUT2D eigenvalue weighted by molar-refractivity contribution is 0.102. The molecule has 2 aromatic carbocycles. The lowest BCUT2D eigenvalue weighted by Crippen LogP contribution is -2.11. The quantitative estimate of drug-likeness (QED) is 0.686. The van der Waals surface area contributed by atoms with Crippen molar-refractivity contribution in [3.05, 3.63) is 66.2 Å². The van der Waals surface area contributed by atoms with Crippen LogP contribution in [-0.4, -0.2) is 37.4 Å². The first-order valence-electron chi connectivity index (χ1n) is 8.55. The molecule has 1 amide bonds. The van der Waals surface area contributed by atoms with Crippen LogP contribution in [0.25, 0.3) is 11.3 Å². The molecule has 1 N–H and O–H groups in total. The summed E-state index contributed by atoms with van der Waals surface area (Å²) in [6.45, 7) is 1.56. The maximum Gasteiger partial charge on any atom is 0.255 e. The summed E-state index contributed by atoms with van der Waals surface area (Å²) in [7, 11) is -1.81. The van der Waals surface area contributed by atoms with Gasteiger partial charge in [0, 0.05) is 16.8 Å². The molecule has 0 unspecified atom stereocenters. The second-order valence-electron chi connectivity index (χ2n) is 5.92. The number of rotatable bonds is 6. The van der Waals surface area contributed by atoms with Crippen molar-refractivity contribution in [2.75, 3.05) is 18.2 Å². The average molecular weight is 397 g/mol. The van der Waals surface area contributed by atoms with Crippen molar-refractivity contribution < 1.29 is 17.9 Å². The van der Waals surface area contributed by atoms with E-state index in [-0.39, 0.29) is 16.7 Å². The summed E-state index contributed by atoms with van der Waals surface area (Å²) in [4.78, 5) is 12.3. The molecule has 1 aromatic heterocycles. The van der Waals surface area contributed by atoms with Gasteiger partial charge in [0.1, 0.15) is 5.75 Å². The molecular weight excluding hydrogens is 378 g/mol. The average Bonchev–Trinajstić information content (AvgIpc) is 2.74. The maximum absolute atomic E-state index is 12.3. The number of hydrogen-bond acceptors (Lipinski definition) is 6. The Morgan fingerprint density at radius 2 is 1.64 bits per heavy atom. The van der Waals surface area contributed by atoms with E-state index in [1.165, 1.54) is 6.07 Å². The number of amides is 1. The fourth-order valence-electron chi connectivity index (χ4n) is 2.46. The molecule has 0 fully saturated rings. The summed E-state index contributed by atoms with van der Waals surface area (Å²) >= 11 is 0. The van der Waals surface area contributed by atoms with Gasteiger partial charge in [0.2, 0.25) is 0 Å². The number of carbonyl (C=O) groups excluding carboxylic acids is 1. The number of aromatic nitrogens is 2. The fourth-order valence-corrected chi connectivity index (χ4v) is 3.19. The van der Waals surface area contributed by atoms with E-state index in [9.17, 15) is 13.2 Å².